The predicted molar refractivity (Wildman–Crippen MR) is 55.2 cm³/mol. The van der Waals surface area contributed by atoms with Crippen molar-refractivity contribution in [2.75, 3.05) is 0 Å². The molecule has 13 heavy (non-hydrogen) atoms. The number of nitrogens with one attached hydrogen (secondary N) is 1. The monoisotopic (exact) mass is 262 g/mol. The Morgan fingerprint density at radius 1 is 1.62 bits per heavy atom. The number of hydrogen-bond acceptors (Lipinski definition) is 2. The standard InChI is InChI=1S/C8H8BrClN2O/c9-6-2-1-5(7(10)4-6)3-8(13)12-11/h1-2,4H,3,11H2,(H,12,13). The van der Waals surface area contributed by atoms with Crippen molar-refractivity contribution < 1.29 is 4.79 Å². The fourth-order valence-corrected chi connectivity index (χ4v) is 1.63. The van der Waals surface area contributed by atoms with Crippen LogP contribution in [0.4, 0.5) is 0 Å². The molecule has 0 fully saturated rings. The van der Waals surface area contributed by atoms with E-state index in [0.717, 1.165) is 10.0 Å². The van der Waals surface area contributed by atoms with Gasteiger partial charge in [0.15, 0.2) is 0 Å². The molecule has 0 aromatic heterocycles. The van der Waals surface area contributed by atoms with Crippen LogP contribution in [-0.2, 0) is 11.2 Å². The summed E-state index contributed by atoms with van der Waals surface area (Å²) in [4.78, 5) is 10.9. The zero-order valence-electron chi connectivity index (χ0n) is 6.68. The molecule has 5 heteroatoms. The average molecular weight is 264 g/mol. The van der Waals surface area contributed by atoms with Gasteiger partial charge >= 0.3 is 0 Å². The van der Waals surface area contributed by atoms with E-state index in [4.69, 9.17) is 17.4 Å². The van der Waals surface area contributed by atoms with E-state index in [1.165, 1.54) is 0 Å². The molecular weight excluding hydrogens is 255 g/mol. The Kier molecular flexibility index (Phi) is 3.71. The van der Waals surface area contributed by atoms with Gasteiger partial charge in [0.25, 0.3) is 0 Å². The number of benzene rings is 1. The van der Waals surface area contributed by atoms with E-state index in [-0.39, 0.29) is 12.3 Å². The van der Waals surface area contributed by atoms with E-state index in [9.17, 15) is 4.79 Å². The summed E-state index contributed by atoms with van der Waals surface area (Å²) in [6.07, 6.45) is 0.197. The van der Waals surface area contributed by atoms with Crippen LogP contribution in [0.15, 0.2) is 22.7 Å². The lowest BCUT2D eigenvalue weighted by atomic mass is 10.1. The summed E-state index contributed by atoms with van der Waals surface area (Å²) in [5.74, 6) is 4.69. The van der Waals surface area contributed by atoms with Crippen LogP contribution >= 0.6 is 27.5 Å². The quantitative estimate of drug-likeness (QED) is 0.484. The smallest absolute Gasteiger partial charge is 0.238 e. The number of carbonyl (C=O) groups excluding carboxylic acids is 1. The van der Waals surface area contributed by atoms with Crippen molar-refractivity contribution >= 4 is 33.4 Å². The number of carbonyl (C=O) groups is 1. The van der Waals surface area contributed by atoms with E-state index >= 15 is 0 Å². The van der Waals surface area contributed by atoms with Crippen LogP contribution in [0.2, 0.25) is 5.02 Å². The fourth-order valence-electron chi connectivity index (χ4n) is 0.889. The van der Waals surface area contributed by atoms with Crippen LogP contribution in [0.1, 0.15) is 5.56 Å². The lowest BCUT2D eigenvalue weighted by molar-refractivity contribution is -0.120. The summed E-state index contributed by atoms with van der Waals surface area (Å²) in [6, 6.07) is 5.34. The minimum absolute atomic E-state index is 0.197. The van der Waals surface area contributed by atoms with Crippen molar-refractivity contribution in [1.82, 2.24) is 5.43 Å². The highest BCUT2D eigenvalue weighted by atomic mass is 79.9. The van der Waals surface area contributed by atoms with Crippen LogP contribution in [0.5, 0.6) is 0 Å². The van der Waals surface area contributed by atoms with Gasteiger partial charge in [-0.3, -0.25) is 10.2 Å². The Bertz CT molecular complexity index is 330. The molecule has 1 rings (SSSR count). The lowest BCUT2D eigenvalue weighted by Crippen LogP contribution is -2.31. The molecule has 0 radical (unpaired) electrons. The van der Waals surface area contributed by atoms with Crippen molar-refractivity contribution in [3.63, 3.8) is 0 Å². The lowest BCUT2D eigenvalue weighted by Gasteiger charge is -2.03. The van der Waals surface area contributed by atoms with Gasteiger partial charge in [0.05, 0.1) is 6.42 Å². The molecule has 0 spiro atoms. The second kappa shape index (κ2) is 4.60. The molecule has 0 heterocycles. The Labute approximate surface area is 89.4 Å². The zero-order chi connectivity index (χ0) is 9.84. The van der Waals surface area contributed by atoms with E-state index in [1.54, 1.807) is 12.1 Å². The number of amides is 1. The Morgan fingerprint density at radius 2 is 2.31 bits per heavy atom. The molecule has 0 unspecified atom stereocenters. The maximum atomic E-state index is 10.9. The van der Waals surface area contributed by atoms with Crippen LogP contribution in [0.3, 0.4) is 0 Å². The molecule has 1 amide bonds. The van der Waals surface area contributed by atoms with Gasteiger partial charge in [-0.15, -0.1) is 0 Å². The van der Waals surface area contributed by atoms with Crippen molar-refractivity contribution in [1.29, 1.82) is 0 Å². The van der Waals surface area contributed by atoms with Gasteiger partial charge in [-0.2, -0.15) is 0 Å². The van der Waals surface area contributed by atoms with Gasteiger partial charge in [-0.25, -0.2) is 5.84 Å². The molecule has 0 atom stereocenters. The topological polar surface area (TPSA) is 55.1 Å². The first-order chi connectivity index (χ1) is 6.13. The number of halogens is 2. The summed E-state index contributed by atoms with van der Waals surface area (Å²) in [5, 5.41) is 0.554. The van der Waals surface area contributed by atoms with Crippen molar-refractivity contribution in [2.45, 2.75) is 6.42 Å². The first-order valence-electron chi connectivity index (χ1n) is 3.57. The van der Waals surface area contributed by atoms with Crippen molar-refractivity contribution in [3.8, 4) is 0 Å². The van der Waals surface area contributed by atoms with E-state index in [0.29, 0.717) is 5.02 Å². The zero-order valence-corrected chi connectivity index (χ0v) is 9.02. The Hall–Kier alpha value is -0.580. The normalized spacial score (nSPS) is 9.77. The second-order valence-corrected chi connectivity index (χ2v) is 3.80. The highest BCUT2D eigenvalue weighted by molar-refractivity contribution is 9.10. The van der Waals surface area contributed by atoms with E-state index < -0.39 is 0 Å². The minimum atomic E-state index is -0.260. The third-order valence-corrected chi connectivity index (χ3v) is 2.37. The largest absolute Gasteiger partial charge is 0.294 e. The summed E-state index contributed by atoms with van der Waals surface area (Å²) >= 11 is 9.15. The van der Waals surface area contributed by atoms with Gasteiger partial charge < -0.3 is 0 Å². The number of hydrazine groups is 1. The summed E-state index contributed by atoms with van der Waals surface area (Å²) in [7, 11) is 0. The highest BCUT2D eigenvalue weighted by Gasteiger charge is 2.05. The van der Waals surface area contributed by atoms with E-state index in [2.05, 4.69) is 15.9 Å². The molecule has 70 valence electrons. The van der Waals surface area contributed by atoms with Gasteiger partial charge in [0.1, 0.15) is 0 Å². The van der Waals surface area contributed by atoms with Crippen LogP contribution < -0.4 is 11.3 Å². The van der Waals surface area contributed by atoms with Gasteiger partial charge in [0, 0.05) is 9.50 Å². The van der Waals surface area contributed by atoms with Crippen LogP contribution in [0.25, 0.3) is 0 Å². The molecule has 0 saturated carbocycles. The molecule has 1 aromatic rings. The predicted octanol–water partition coefficient (Wildman–Crippen LogP) is 1.63. The third kappa shape index (κ3) is 2.99. The molecule has 3 N–H and O–H groups in total. The molecule has 1 aromatic carbocycles. The maximum Gasteiger partial charge on any atom is 0.238 e. The number of rotatable bonds is 2. The molecule has 3 nitrogen and oxygen atoms in total. The molecule has 0 saturated heterocycles. The first kappa shape index (κ1) is 10.5. The van der Waals surface area contributed by atoms with Crippen LogP contribution in [0, 0.1) is 0 Å². The Morgan fingerprint density at radius 3 is 2.85 bits per heavy atom. The highest BCUT2D eigenvalue weighted by Crippen LogP contribution is 2.21. The van der Waals surface area contributed by atoms with Gasteiger partial charge in [-0.05, 0) is 17.7 Å². The molecule has 0 aliphatic rings. The summed E-state index contributed by atoms with van der Waals surface area (Å²) in [5.41, 5.74) is 2.80. The SMILES string of the molecule is NNC(=O)Cc1ccc(Br)cc1Cl. The molecule has 0 bridgehead atoms. The van der Waals surface area contributed by atoms with Gasteiger partial charge in [-0.1, -0.05) is 33.6 Å². The fraction of sp³-hybridized carbons (Fsp3) is 0.125. The van der Waals surface area contributed by atoms with Crippen molar-refractivity contribution in [2.24, 2.45) is 5.84 Å². The molecular formula is C8H8BrClN2O. The first-order valence-corrected chi connectivity index (χ1v) is 4.74. The van der Waals surface area contributed by atoms with Crippen molar-refractivity contribution in [3.05, 3.63) is 33.3 Å². The van der Waals surface area contributed by atoms with E-state index in [1.807, 2.05) is 11.5 Å². The third-order valence-electron chi connectivity index (χ3n) is 1.53. The average Bonchev–Trinajstić information content (AvgIpc) is 2.09. The molecule has 0 aliphatic carbocycles. The minimum Gasteiger partial charge on any atom is -0.294 e. The summed E-state index contributed by atoms with van der Waals surface area (Å²) in [6.45, 7) is 0. The molecule has 0 aliphatic heterocycles. The maximum absolute atomic E-state index is 10.9. The van der Waals surface area contributed by atoms with Crippen LogP contribution in [-0.4, -0.2) is 5.91 Å². The number of nitrogens with two attached hydrogens (primary N) is 1. The summed E-state index contributed by atoms with van der Waals surface area (Å²) < 4.78 is 0.884. The van der Waals surface area contributed by atoms with Gasteiger partial charge in [0.2, 0.25) is 5.91 Å². The second-order valence-electron chi connectivity index (χ2n) is 2.48. The Balaban J connectivity index is 2.83. The number of hydrogen-bond donors (Lipinski definition) is 2.